The molecule has 1 aliphatic rings. The molecule has 0 aliphatic carbocycles. The first kappa shape index (κ1) is 18.7. The molecule has 25 heavy (non-hydrogen) atoms. The van der Waals surface area contributed by atoms with Crippen LogP contribution in [0.1, 0.15) is 12.0 Å². The van der Waals surface area contributed by atoms with Gasteiger partial charge in [0, 0.05) is 26.2 Å². The minimum atomic E-state index is -3.70. The summed E-state index contributed by atoms with van der Waals surface area (Å²) < 4.78 is 27.5. The number of hydrogen-bond donors (Lipinski definition) is 0. The van der Waals surface area contributed by atoms with Crippen LogP contribution in [0.3, 0.4) is 0 Å². The summed E-state index contributed by atoms with van der Waals surface area (Å²) in [6.45, 7) is 3.25. The second kappa shape index (κ2) is 8.06. The predicted octanol–water partition coefficient (Wildman–Crippen LogP) is 3.89. The zero-order chi connectivity index (χ0) is 17.9. The van der Waals surface area contributed by atoms with E-state index in [0.29, 0.717) is 19.6 Å². The number of sulfonamides is 1. The smallest absolute Gasteiger partial charge is 0.246 e. The maximum Gasteiger partial charge on any atom is 0.246 e. The van der Waals surface area contributed by atoms with E-state index < -0.39 is 10.0 Å². The quantitative estimate of drug-likeness (QED) is 0.783. The van der Waals surface area contributed by atoms with Crippen LogP contribution in [-0.4, -0.2) is 43.8 Å². The van der Waals surface area contributed by atoms with Crippen molar-refractivity contribution in [2.45, 2.75) is 17.9 Å². The van der Waals surface area contributed by atoms with Crippen molar-refractivity contribution in [3.05, 3.63) is 64.1 Å². The number of rotatable bonds is 4. The third kappa shape index (κ3) is 4.36. The second-order valence-corrected chi connectivity index (χ2v) is 8.76. The average molecular weight is 399 g/mol. The molecule has 1 heterocycles. The Morgan fingerprint density at radius 3 is 2.20 bits per heavy atom. The molecule has 0 aromatic heterocycles. The van der Waals surface area contributed by atoms with Crippen LogP contribution in [0.4, 0.5) is 0 Å². The molecule has 0 saturated carbocycles. The SMILES string of the molecule is O=S(=O)(c1c(Cl)cccc1Cl)N1CCCN(Cc2ccccc2)CC1. The molecule has 3 rings (SSSR count). The van der Waals surface area contributed by atoms with E-state index >= 15 is 0 Å². The molecule has 0 radical (unpaired) electrons. The van der Waals surface area contributed by atoms with Crippen molar-refractivity contribution in [3.63, 3.8) is 0 Å². The number of hydrogen-bond acceptors (Lipinski definition) is 3. The largest absolute Gasteiger partial charge is 0.298 e. The highest BCUT2D eigenvalue weighted by Crippen LogP contribution is 2.31. The Kier molecular flexibility index (Phi) is 6.02. The van der Waals surface area contributed by atoms with E-state index in [1.54, 1.807) is 18.2 Å². The molecule has 2 aromatic carbocycles. The zero-order valence-corrected chi connectivity index (χ0v) is 16.1. The molecule has 0 bridgehead atoms. The first-order chi connectivity index (χ1) is 12.0. The lowest BCUT2D eigenvalue weighted by Crippen LogP contribution is -2.35. The van der Waals surface area contributed by atoms with Gasteiger partial charge in [-0.05, 0) is 30.7 Å². The van der Waals surface area contributed by atoms with Crippen LogP contribution in [0.25, 0.3) is 0 Å². The Labute approximate surface area is 159 Å². The van der Waals surface area contributed by atoms with Crippen molar-refractivity contribution in [2.24, 2.45) is 0 Å². The van der Waals surface area contributed by atoms with Crippen LogP contribution in [0, 0.1) is 0 Å². The van der Waals surface area contributed by atoms with Gasteiger partial charge in [-0.25, -0.2) is 8.42 Å². The summed E-state index contributed by atoms with van der Waals surface area (Å²) in [4.78, 5) is 2.29. The molecule has 1 aliphatic heterocycles. The fourth-order valence-corrected chi connectivity index (χ4v) is 5.61. The Hall–Kier alpha value is -1.11. The minimum Gasteiger partial charge on any atom is -0.298 e. The molecule has 0 N–H and O–H groups in total. The Bertz CT molecular complexity index is 808. The molecular formula is C18H20Cl2N2O2S. The van der Waals surface area contributed by atoms with Gasteiger partial charge in [-0.2, -0.15) is 4.31 Å². The Morgan fingerprint density at radius 1 is 0.840 bits per heavy atom. The highest BCUT2D eigenvalue weighted by molar-refractivity contribution is 7.89. The van der Waals surface area contributed by atoms with Crippen LogP contribution in [0.5, 0.6) is 0 Å². The fraction of sp³-hybridized carbons (Fsp3) is 0.333. The summed E-state index contributed by atoms with van der Waals surface area (Å²) in [6.07, 6.45) is 0.772. The number of benzene rings is 2. The summed E-state index contributed by atoms with van der Waals surface area (Å²) in [5.41, 5.74) is 1.23. The van der Waals surface area contributed by atoms with Gasteiger partial charge in [0.15, 0.2) is 0 Å². The Balaban J connectivity index is 1.74. The molecule has 4 nitrogen and oxygen atoms in total. The van der Waals surface area contributed by atoms with Crippen LogP contribution in [0.15, 0.2) is 53.4 Å². The molecule has 134 valence electrons. The molecule has 0 unspecified atom stereocenters. The lowest BCUT2D eigenvalue weighted by atomic mass is 10.2. The van der Waals surface area contributed by atoms with Crippen molar-refractivity contribution in [1.82, 2.24) is 9.21 Å². The van der Waals surface area contributed by atoms with Gasteiger partial charge in [-0.1, -0.05) is 59.6 Å². The second-order valence-electron chi connectivity index (χ2n) is 6.07. The lowest BCUT2D eigenvalue weighted by molar-refractivity contribution is 0.278. The highest BCUT2D eigenvalue weighted by Gasteiger charge is 2.30. The molecular weight excluding hydrogens is 379 g/mol. The normalized spacial score (nSPS) is 17.4. The van der Waals surface area contributed by atoms with Crippen LogP contribution in [0.2, 0.25) is 10.0 Å². The van der Waals surface area contributed by atoms with Gasteiger partial charge in [-0.3, -0.25) is 4.90 Å². The predicted molar refractivity (Wildman–Crippen MR) is 102 cm³/mol. The first-order valence-electron chi connectivity index (χ1n) is 8.19. The average Bonchev–Trinajstić information content (AvgIpc) is 2.81. The lowest BCUT2D eigenvalue weighted by Gasteiger charge is -2.22. The maximum atomic E-state index is 13.0. The van der Waals surface area contributed by atoms with E-state index in [0.717, 1.165) is 19.5 Å². The van der Waals surface area contributed by atoms with Crippen LogP contribution < -0.4 is 0 Å². The topological polar surface area (TPSA) is 40.6 Å². The third-order valence-electron chi connectivity index (χ3n) is 4.31. The van der Waals surface area contributed by atoms with E-state index in [2.05, 4.69) is 17.0 Å². The van der Waals surface area contributed by atoms with Gasteiger partial charge in [0.25, 0.3) is 0 Å². The first-order valence-corrected chi connectivity index (χ1v) is 10.4. The summed E-state index contributed by atoms with van der Waals surface area (Å²) in [6, 6.07) is 15.0. The number of halogens is 2. The summed E-state index contributed by atoms with van der Waals surface area (Å²) in [5.74, 6) is 0. The van der Waals surface area contributed by atoms with Gasteiger partial charge in [-0.15, -0.1) is 0 Å². The van der Waals surface area contributed by atoms with Crippen LogP contribution >= 0.6 is 23.2 Å². The van der Waals surface area contributed by atoms with Crippen molar-refractivity contribution >= 4 is 33.2 Å². The highest BCUT2D eigenvalue weighted by atomic mass is 35.5. The molecule has 0 amide bonds. The minimum absolute atomic E-state index is 0.00911. The standard InChI is InChI=1S/C18H20Cl2N2O2S/c19-16-8-4-9-17(20)18(16)25(23,24)22-11-5-10-21(12-13-22)14-15-6-2-1-3-7-15/h1-4,6-9H,5,10-14H2. The van der Waals surface area contributed by atoms with Gasteiger partial charge < -0.3 is 0 Å². The summed E-state index contributed by atoms with van der Waals surface area (Å²) >= 11 is 12.2. The molecule has 0 atom stereocenters. The third-order valence-corrected chi connectivity index (χ3v) is 7.17. The molecule has 7 heteroatoms. The van der Waals surface area contributed by atoms with E-state index in [4.69, 9.17) is 23.2 Å². The fourth-order valence-electron chi connectivity index (χ4n) is 3.05. The number of nitrogens with zero attached hydrogens (tertiary/aromatic N) is 2. The van der Waals surface area contributed by atoms with E-state index in [1.807, 2.05) is 18.2 Å². The molecule has 0 spiro atoms. The van der Waals surface area contributed by atoms with Crippen molar-refractivity contribution < 1.29 is 8.42 Å². The maximum absolute atomic E-state index is 13.0. The van der Waals surface area contributed by atoms with Gasteiger partial charge in [0.1, 0.15) is 4.90 Å². The zero-order valence-electron chi connectivity index (χ0n) is 13.7. The molecule has 1 fully saturated rings. The summed E-state index contributed by atoms with van der Waals surface area (Å²) in [5, 5.41) is 0.329. The van der Waals surface area contributed by atoms with Gasteiger partial charge in [0.2, 0.25) is 10.0 Å². The summed E-state index contributed by atoms with van der Waals surface area (Å²) in [7, 11) is -3.70. The monoisotopic (exact) mass is 398 g/mol. The van der Waals surface area contributed by atoms with E-state index in [9.17, 15) is 8.42 Å². The molecule has 2 aromatic rings. The Morgan fingerprint density at radius 2 is 1.52 bits per heavy atom. The van der Waals surface area contributed by atoms with Gasteiger partial charge >= 0.3 is 0 Å². The van der Waals surface area contributed by atoms with Crippen molar-refractivity contribution in [1.29, 1.82) is 0 Å². The van der Waals surface area contributed by atoms with E-state index in [-0.39, 0.29) is 14.9 Å². The van der Waals surface area contributed by atoms with Gasteiger partial charge in [0.05, 0.1) is 10.0 Å². The molecule has 1 saturated heterocycles. The van der Waals surface area contributed by atoms with Crippen LogP contribution in [-0.2, 0) is 16.6 Å². The van der Waals surface area contributed by atoms with Crippen molar-refractivity contribution in [3.8, 4) is 0 Å². The van der Waals surface area contributed by atoms with E-state index in [1.165, 1.54) is 9.87 Å². The van der Waals surface area contributed by atoms with Crippen molar-refractivity contribution in [2.75, 3.05) is 26.2 Å².